The first-order chi connectivity index (χ1) is 13.4. The smallest absolute Gasteiger partial charge is 0.360 e. The maximum Gasteiger partial charge on any atom is 0.419 e. The van der Waals surface area contributed by atoms with E-state index >= 15 is 0 Å². The van der Waals surface area contributed by atoms with Crippen LogP contribution in [0, 0.1) is 17.5 Å². The van der Waals surface area contributed by atoms with Gasteiger partial charge in [-0.15, -0.1) is 0 Å². The highest BCUT2D eigenvalue weighted by Gasteiger charge is 2.35. The van der Waals surface area contributed by atoms with Gasteiger partial charge in [0.25, 0.3) is 10.0 Å². The van der Waals surface area contributed by atoms with Crippen LogP contribution in [0.3, 0.4) is 0 Å². The lowest BCUT2D eigenvalue weighted by molar-refractivity contribution is -0.140. The molecule has 0 atom stereocenters. The minimum atomic E-state index is -5.15. The zero-order valence-electron chi connectivity index (χ0n) is 13.9. The average molecular weight is 455 g/mol. The molecule has 4 nitrogen and oxygen atoms in total. The summed E-state index contributed by atoms with van der Waals surface area (Å²) in [4.78, 5) is 2.03. The first-order valence-corrected chi connectivity index (χ1v) is 9.47. The Morgan fingerprint density at radius 2 is 1.62 bits per heavy atom. The molecule has 1 aromatic heterocycles. The van der Waals surface area contributed by atoms with E-state index in [9.17, 15) is 34.8 Å². The van der Waals surface area contributed by atoms with Crippen molar-refractivity contribution in [1.82, 2.24) is 4.98 Å². The molecule has 3 rings (SSSR count). The van der Waals surface area contributed by atoms with Crippen molar-refractivity contribution in [2.24, 2.45) is 0 Å². The Morgan fingerprint density at radius 1 is 0.931 bits per heavy atom. The molecule has 0 amide bonds. The van der Waals surface area contributed by atoms with Gasteiger partial charge >= 0.3 is 6.18 Å². The van der Waals surface area contributed by atoms with E-state index in [-0.39, 0.29) is 28.4 Å². The quantitative estimate of drug-likeness (QED) is 0.506. The normalized spacial score (nSPS) is 12.2. The molecule has 0 fully saturated rings. The monoisotopic (exact) mass is 454 g/mol. The fourth-order valence-electron chi connectivity index (χ4n) is 2.44. The molecule has 2 N–H and O–H groups in total. The molecule has 0 spiro atoms. The maximum absolute atomic E-state index is 14.0. The minimum Gasteiger partial charge on any atom is -0.360 e. The number of rotatable bonds is 4. The van der Waals surface area contributed by atoms with Crippen LogP contribution in [0.1, 0.15) is 5.56 Å². The van der Waals surface area contributed by atoms with Gasteiger partial charge in [0.05, 0.1) is 11.3 Å². The van der Waals surface area contributed by atoms with Gasteiger partial charge in [-0.2, -0.15) is 13.2 Å². The van der Waals surface area contributed by atoms with Crippen LogP contribution >= 0.6 is 11.6 Å². The lowest BCUT2D eigenvalue weighted by atomic mass is 10.1. The van der Waals surface area contributed by atoms with E-state index in [1.165, 1.54) is 12.1 Å². The molecule has 0 aliphatic carbocycles. The van der Waals surface area contributed by atoms with Gasteiger partial charge in [-0.05, 0) is 30.3 Å². The summed E-state index contributed by atoms with van der Waals surface area (Å²) in [6.07, 6.45) is -4.20. The number of benzene rings is 2. The largest absolute Gasteiger partial charge is 0.419 e. The Labute approximate surface area is 165 Å². The van der Waals surface area contributed by atoms with Crippen molar-refractivity contribution in [2.75, 3.05) is 4.72 Å². The maximum atomic E-state index is 14.0. The van der Waals surface area contributed by atoms with E-state index in [4.69, 9.17) is 11.6 Å². The van der Waals surface area contributed by atoms with Gasteiger partial charge in [-0.25, -0.2) is 21.6 Å². The number of halogens is 7. The third kappa shape index (κ3) is 4.35. The summed E-state index contributed by atoms with van der Waals surface area (Å²) in [7, 11) is -4.53. The number of hydrogen-bond donors (Lipinski definition) is 2. The number of hydrogen-bond acceptors (Lipinski definition) is 2. The van der Waals surface area contributed by atoms with Crippen LogP contribution in [-0.2, 0) is 16.2 Å². The lowest BCUT2D eigenvalue weighted by Gasteiger charge is -2.12. The molecule has 0 aliphatic rings. The standard InChI is InChI=1S/C17H9ClF6N2O2S/c18-8-1-2-10(12(19)3-8)15-4-9(7-25-15)29(27,28)26-16-6-13(20)11(5-14(16)21)17(22,23)24/h1-7,25-26H. The Kier molecular flexibility index (Phi) is 5.30. The third-order valence-corrected chi connectivity index (χ3v) is 5.37. The van der Waals surface area contributed by atoms with Gasteiger partial charge in [0, 0.05) is 28.5 Å². The van der Waals surface area contributed by atoms with E-state index in [2.05, 4.69) is 4.98 Å². The van der Waals surface area contributed by atoms with E-state index in [1.807, 2.05) is 0 Å². The van der Waals surface area contributed by atoms with Crippen LogP contribution in [0.2, 0.25) is 5.02 Å². The van der Waals surface area contributed by atoms with E-state index in [1.54, 1.807) is 4.72 Å². The summed E-state index contributed by atoms with van der Waals surface area (Å²) >= 11 is 5.65. The molecular formula is C17H9ClF6N2O2S. The van der Waals surface area contributed by atoms with Crippen molar-refractivity contribution in [3.8, 4) is 11.3 Å². The zero-order chi connectivity index (χ0) is 21.6. The number of anilines is 1. The molecule has 0 aliphatic heterocycles. The Bertz CT molecular complexity index is 1190. The number of aromatic amines is 1. The van der Waals surface area contributed by atoms with Crippen LogP contribution in [0.15, 0.2) is 47.5 Å². The highest BCUT2D eigenvalue weighted by atomic mass is 35.5. The Hall–Kier alpha value is -2.66. The highest BCUT2D eigenvalue weighted by Crippen LogP contribution is 2.34. The van der Waals surface area contributed by atoms with Gasteiger partial charge < -0.3 is 4.98 Å². The second-order valence-corrected chi connectivity index (χ2v) is 7.91. The molecular weight excluding hydrogens is 446 g/mol. The van der Waals surface area contributed by atoms with Crippen molar-refractivity contribution in [2.45, 2.75) is 11.1 Å². The topological polar surface area (TPSA) is 62.0 Å². The van der Waals surface area contributed by atoms with Crippen LogP contribution in [0.4, 0.5) is 32.0 Å². The van der Waals surface area contributed by atoms with Crippen molar-refractivity contribution in [3.05, 3.63) is 70.6 Å². The molecule has 0 saturated carbocycles. The number of aromatic nitrogens is 1. The second-order valence-electron chi connectivity index (χ2n) is 5.79. The molecule has 3 aromatic rings. The molecule has 29 heavy (non-hydrogen) atoms. The summed E-state index contributed by atoms with van der Waals surface area (Å²) in [5.41, 5.74) is -2.86. The van der Waals surface area contributed by atoms with Crippen LogP contribution in [0.25, 0.3) is 11.3 Å². The molecule has 0 saturated heterocycles. The van der Waals surface area contributed by atoms with Crippen molar-refractivity contribution < 1.29 is 34.8 Å². The Morgan fingerprint density at radius 3 is 2.24 bits per heavy atom. The zero-order valence-corrected chi connectivity index (χ0v) is 15.5. The molecule has 12 heteroatoms. The van der Waals surface area contributed by atoms with E-state index < -0.39 is 49.8 Å². The van der Waals surface area contributed by atoms with Gasteiger partial charge in [-0.3, -0.25) is 4.72 Å². The average Bonchev–Trinajstić information content (AvgIpc) is 3.07. The summed E-state index contributed by atoms with van der Waals surface area (Å²) in [6.45, 7) is 0. The molecule has 0 unspecified atom stereocenters. The van der Waals surface area contributed by atoms with E-state index in [0.717, 1.165) is 18.3 Å². The minimum absolute atomic E-state index is 0.0115. The number of nitrogens with one attached hydrogen (secondary N) is 2. The SMILES string of the molecule is O=S(=O)(Nc1cc(F)c(C(F)(F)F)cc1F)c1c[nH]c(-c2ccc(Cl)cc2F)c1. The first kappa shape index (κ1) is 21.1. The molecule has 154 valence electrons. The van der Waals surface area contributed by atoms with Crippen LogP contribution in [-0.4, -0.2) is 13.4 Å². The second kappa shape index (κ2) is 7.30. The van der Waals surface area contributed by atoms with E-state index in [0.29, 0.717) is 0 Å². The summed E-state index contributed by atoms with van der Waals surface area (Å²) in [6, 6.07) is 4.60. The molecule has 0 bridgehead atoms. The van der Waals surface area contributed by atoms with Crippen molar-refractivity contribution >= 4 is 27.3 Å². The molecule has 0 radical (unpaired) electrons. The number of sulfonamides is 1. The van der Waals surface area contributed by atoms with Crippen LogP contribution < -0.4 is 4.72 Å². The van der Waals surface area contributed by atoms with Crippen LogP contribution in [0.5, 0.6) is 0 Å². The summed E-state index contributed by atoms with van der Waals surface area (Å²) in [5, 5.41) is 0.118. The predicted molar refractivity (Wildman–Crippen MR) is 93.4 cm³/mol. The predicted octanol–water partition coefficient (Wildman–Crippen LogP) is 5.57. The number of alkyl halides is 3. The van der Waals surface area contributed by atoms with Gasteiger partial charge in [0.1, 0.15) is 22.3 Å². The fraction of sp³-hybridized carbons (Fsp3) is 0.0588. The first-order valence-electron chi connectivity index (χ1n) is 7.61. The van der Waals surface area contributed by atoms with Gasteiger partial charge in [0.15, 0.2) is 0 Å². The molecule has 1 heterocycles. The molecule has 2 aromatic carbocycles. The summed E-state index contributed by atoms with van der Waals surface area (Å²) in [5.74, 6) is -4.22. The van der Waals surface area contributed by atoms with Crippen molar-refractivity contribution in [3.63, 3.8) is 0 Å². The lowest BCUT2D eigenvalue weighted by Crippen LogP contribution is -2.15. The van der Waals surface area contributed by atoms with Crippen molar-refractivity contribution in [1.29, 1.82) is 0 Å². The van der Waals surface area contributed by atoms with Gasteiger partial charge in [0.2, 0.25) is 0 Å². The fourth-order valence-corrected chi connectivity index (χ4v) is 3.65. The summed E-state index contributed by atoms with van der Waals surface area (Å²) < 4.78 is 106. The number of H-pyrrole nitrogens is 1. The third-order valence-electron chi connectivity index (χ3n) is 3.79. The Balaban J connectivity index is 1.93. The van der Waals surface area contributed by atoms with Gasteiger partial charge in [-0.1, -0.05) is 11.6 Å². The highest BCUT2D eigenvalue weighted by molar-refractivity contribution is 7.92.